The monoisotopic (exact) mass is 283 g/mol. The van der Waals surface area contributed by atoms with Crippen LogP contribution in [0.15, 0.2) is 41.4 Å². The number of aliphatic imine (C=N–C) groups is 1. The molecule has 0 atom stereocenters. The summed E-state index contributed by atoms with van der Waals surface area (Å²) >= 11 is 0. The molecule has 0 radical (unpaired) electrons. The van der Waals surface area contributed by atoms with E-state index >= 15 is 0 Å². The smallest absolute Gasteiger partial charge is 0.149 e. The standard InChI is InChI=1S/C18H18FNO/c1-12-4-9-16(17-15(12)10-18(2,3)21-17)20-11-13-5-7-14(19)8-6-13/h4-9,11H,10H2,1-3H3. The van der Waals surface area contributed by atoms with Gasteiger partial charge in [0.2, 0.25) is 0 Å². The van der Waals surface area contributed by atoms with Gasteiger partial charge in [0.15, 0.2) is 0 Å². The van der Waals surface area contributed by atoms with Crippen molar-refractivity contribution in [3.8, 4) is 5.75 Å². The SMILES string of the molecule is Cc1ccc(N=Cc2ccc(F)cc2)c2c1CC(C)(C)O2. The van der Waals surface area contributed by atoms with Gasteiger partial charge in [0.25, 0.3) is 0 Å². The maximum absolute atomic E-state index is 12.9. The van der Waals surface area contributed by atoms with Gasteiger partial charge in [-0.3, -0.25) is 4.99 Å². The molecule has 0 unspecified atom stereocenters. The molecule has 0 bridgehead atoms. The molecular formula is C18H18FNO. The Labute approximate surface area is 124 Å². The summed E-state index contributed by atoms with van der Waals surface area (Å²) in [6.07, 6.45) is 2.63. The van der Waals surface area contributed by atoms with Crippen LogP contribution in [0, 0.1) is 12.7 Å². The molecule has 0 N–H and O–H groups in total. The number of nitrogens with zero attached hydrogens (tertiary/aromatic N) is 1. The quantitative estimate of drug-likeness (QED) is 0.738. The van der Waals surface area contributed by atoms with Gasteiger partial charge in [-0.2, -0.15) is 0 Å². The van der Waals surface area contributed by atoms with Gasteiger partial charge in [-0.05, 0) is 50.1 Å². The van der Waals surface area contributed by atoms with Crippen LogP contribution in [0.4, 0.5) is 10.1 Å². The fourth-order valence-corrected chi connectivity index (χ4v) is 2.58. The van der Waals surface area contributed by atoms with Crippen LogP contribution in [-0.2, 0) is 6.42 Å². The third-order valence-corrected chi connectivity index (χ3v) is 3.68. The molecule has 108 valence electrons. The Morgan fingerprint density at radius 2 is 1.86 bits per heavy atom. The first kappa shape index (κ1) is 13.8. The highest BCUT2D eigenvalue weighted by Crippen LogP contribution is 2.43. The van der Waals surface area contributed by atoms with E-state index < -0.39 is 0 Å². The van der Waals surface area contributed by atoms with Gasteiger partial charge in [-0.25, -0.2) is 4.39 Å². The van der Waals surface area contributed by atoms with Crippen molar-refractivity contribution < 1.29 is 9.13 Å². The van der Waals surface area contributed by atoms with Crippen molar-refractivity contribution >= 4 is 11.9 Å². The maximum atomic E-state index is 12.9. The Hall–Kier alpha value is -2.16. The molecule has 0 spiro atoms. The van der Waals surface area contributed by atoms with Crippen LogP contribution in [-0.4, -0.2) is 11.8 Å². The third kappa shape index (κ3) is 2.82. The van der Waals surface area contributed by atoms with Crippen LogP contribution in [0.2, 0.25) is 0 Å². The predicted octanol–water partition coefficient (Wildman–Crippen LogP) is 4.60. The van der Waals surface area contributed by atoms with E-state index in [1.54, 1.807) is 18.3 Å². The summed E-state index contributed by atoms with van der Waals surface area (Å²) in [6.45, 7) is 6.26. The highest BCUT2D eigenvalue weighted by Gasteiger charge is 2.32. The van der Waals surface area contributed by atoms with Crippen molar-refractivity contribution in [2.75, 3.05) is 0 Å². The molecule has 0 aromatic heterocycles. The van der Waals surface area contributed by atoms with E-state index in [9.17, 15) is 4.39 Å². The van der Waals surface area contributed by atoms with E-state index in [-0.39, 0.29) is 11.4 Å². The second-order valence-electron chi connectivity index (χ2n) is 6.06. The molecule has 1 aliphatic rings. The Kier molecular flexibility index (Phi) is 3.28. The summed E-state index contributed by atoms with van der Waals surface area (Å²) in [5.41, 5.74) is 3.97. The summed E-state index contributed by atoms with van der Waals surface area (Å²) in [4.78, 5) is 4.51. The predicted molar refractivity (Wildman–Crippen MR) is 83.2 cm³/mol. The first-order chi connectivity index (χ1) is 9.94. The van der Waals surface area contributed by atoms with E-state index in [4.69, 9.17) is 4.74 Å². The van der Waals surface area contributed by atoms with E-state index in [0.29, 0.717) is 0 Å². The summed E-state index contributed by atoms with van der Waals surface area (Å²) in [7, 11) is 0. The molecule has 3 heteroatoms. The molecule has 0 saturated heterocycles. The zero-order valence-corrected chi connectivity index (χ0v) is 12.5. The zero-order chi connectivity index (χ0) is 15.0. The number of hydrogen-bond donors (Lipinski definition) is 0. The minimum atomic E-state index is -0.242. The van der Waals surface area contributed by atoms with Crippen LogP contribution in [0.5, 0.6) is 5.75 Å². The van der Waals surface area contributed by atoms with Gasteiger partial charge in [-0.15, -0.1) is 0 Å². The van der Waals surface area contributed by atoms with Crippen molar-refractivity contribution in [1.29, 1.82) is 0 Å². The Morgan fingerprint density at radius 3 is 2.57 bits per heavy atom. The highest BCUT2D eigenvalue weighted by molar-refractivity contribution is 5.83. The fraction of sp³-hybridized carbons (Fsp3) is 0.278. The molecule has 1 aliphatic heterocycles. The molecule has 21 heavy (non-hydrogen) atoms. The Balaban J connectivity index is 1.94. The van der Waals surface area contributed by atoms with Crippen molar-refractivity contribution in [2.45, 2.75) is 32.8 Å². The van der Waals surface area contributed by atoms with Gasteiger partial charge in [0.1, 0.15) is 22.9 Å². The first-order valence-corrected chi connectivity index (χ1v) is 7.06. The van der Waals surface area contributed by atoms with Gasteiger partial charge in [0, 0.05) is 18.2 Å². The minimum Gasteiger partial charge on any atom is -0.485 e. The number of benzene rings is 2. The minimum absolute atomic E-state index is 0.186. The summed E-state index contributed by atoms with van der Waals surface area (Å²) in [6, 6.07) is 10.3. The third-order valence-electron chi connectivity index (χ3n) is 3.68. The Morgan fingerprint density at radius 1 is 1.14 bits per heavy atom. The van der Waals surface area contributed by atoms with Gasteiger partial charge >= 0.3 is 0 Å². The lowest BCUT2D eigenvalue weighted by molar-refractivity contribution is 0.139. The molecule has 2 aromatic carbocycles. The van der Waals surface area contributed by atoms with Gasteiger partial charge in [-0.1, -0.05) is 18.2 Å². The molecule has 0 aliphatic carbocycles. The normalized spacial score (nSPS) is 16.0. The van der Waals surface area contributed by atoms with Gasteiger partial charge < -0.3 is 4.74 Å². The zero-order valence-electron chi connectivity index (χ0n) is 12.5. The number of hydrogen-bond acceptors (Lipinski definition) is 2. The lowest BCUT2D eigenvalue weighted by Crippen LogP contribution is -2.24. The highest BCUT2D eigenvalue weighted by atomic mass is 19.1. The Bertz CT molecular complexity index is 702. The summed E-state index contributed by atoms with van der Waals surface area (Å²) in [5.74, 6) is 0.631. The van der Waals surface area contributed by atoms with E-state index in [2.05, 4.69) is 31.8 Å². The average Bonchev–Trinajstić information content (AvgIpc) is 2.76. The van der Waals surface area contributed by atoms with E-state index in [1.807, 2.05) is 6.07 Å². The average molecular weight is 283 g/mol. The van der Waals surface area contributed by atoms with E-state index in [1.165, 1.54) is 23.3 Å². The number of aryl methyl sites for hydroxylation is 1. The molecule has 0 amide bonds. The second kappa shape index (κ2) is 4.99. The fourth-order valence-electron chi connectivity index (χ4n) is 2.58. The van der Waals surface area contributed by atoms with Crippen LogP contribution >= 0.6 is 0 Å². The van der Waals surface area contributed by atoms with Crippen LogP contribution < -0.4 is 4.74 Å². The first-order valence-electron chi connectivity index (χ1n) is 7.06. The van der Waals surface area contributed by atoms with Crippen molar-refractivity contribution in [3.05, 3.63) is 58.9 Å². The molecule has 0 saturated carbocycles. The van der Waals surface area contributed by atoms with Crippen LogP contribution in [0.1, 0.15) is 30.5 Å². The largest absolute Gasteiger partial charge is 0.485 e. The lowest BCUT2D eigenvalue weighted by Gasteiger charge is -2.17. The van der Waals surface area contributed by atoms with Crippen molar-refractivity contribution in [3.63, 3.8) is 0 Å². The molecule has 0 fully saturated rings. The number of rotatable bonds is 2. The second-order valence-corrected chi connectivity index (χ2v) is 6.06. The van der Waals surface area contributed by atoms with Gasteiger partial charge in [0.05, 0.1) is 0 Å². The van der Waals surface area contributed by atoms with E-state index in [0.717, 1.165) is 23.4 Å². The van der Waals surface area contributed by atoms with Crippen molar-refractivity contribution in [1.82, 2.24) is 0 Å². The topological polar surface area (TPSA) is 21.6 Å². The molecule has 2 nitrogen and oxygen atoms in total. The molecule has 3 rings (SSSR count). The molecule has 2 aromatic rings. The van der Waals surface area contributed by atoms with Crippen LogP contribution in [0.25, 0.3) is 0 Å². The molecular weight excluding hydrogens is 265 g/mol. The number of halogens is 1. The summed E-state index contributed by atoms with van der Waals surface area (Å²) in [5, 5.41) is 0. The number of fused-ring (bicyclic) bond motifs is 1. The molecule has 1 heterocycles. The number of ether oxygens (including phenoxy) is 1. The van der Waals surface area contributed by atoms with Crippen LogP contribution in [0.3, 0.4) is 0 Å². The maximum Gasteiger partial charge on any atom is 0.149 e. The summed E-state index contributed by atoms with van der Waals surface area (Å²) < 4.78 is 18.9. The van der Waals surface area contributed by atoms with Crippen molar-refractivity contribution in [2.24, 2.45) is 4.99 Å². The lowest BCUT2D eigenvalue weighted by atomic mass is 9.98.